The highest BCUT2D eigenvalue weighted by atomic mass is 15.1. The molecule has 3 heteroatoms. The van der Waals surface area contributed by atoms with Crippen molar-refractivity contribution < 1.29 is 0 Å². The van der Waals surface area contributed by atoms with Crippen LogP contribution in [0.25, 0.3) is 11.0 Å². The van der Waals surface area contributed by atoms with Gasteiger partial charge in [0.25, 0.3) is 0 Å². The molecular weight excluding hydrogens is 198 g/mol. The summed E-state index contributed by atoms with van der Waals surface area (Å²) >= 11 is 0. The van der Waals surface area contributed by atoms with Crippen molar-refractivity contribution in [1.29, 1.82) is 0 Å². The molecule has 0 radical (unpaired) electrons. The van der Waals surface area contributed by atoms with E-state index in [9.17, 15) is 0 Å². The Morgan fingerprint density at radius 1 is 1.38 bits per heavy atom. The molecule has 1 heterocycles. The predicted octanol–water partition coefficient (Wildman–Crippen LogP) is 2.64. The fourth-order valence-electron chi connectivity index (χ4n) is 2.06. The largest absolute Gasteiger partial charge is 0.327 e. The molecule has 0 aliphatic heterocycles. The average molecular weight is 217 g/mol. The van der Waals surface area contributed by atoms with Gasteiger partial charge in [-0.05, 0) is 30.5 Å². The molecule has 0 amide bonds. The second-order valence-electron chi connectivity index (χ2n) is 4.38. The van der Waals surface area contributed by atoms with Gasteiger partial charge in [-0.3, -0.25) is 0 Å². The normalized spacial score (nSPS) is 11.6. The summed E-state index contributed by atoms with van der Waals surface area (Å²) in [5, 5.41) is 0. The lowest BCUT2D eigenvalue weighted by molar-refractivity contribution is 0.718. The fraction of sp³-hybridized carbons (Fsp3) is 0.462. The SMILES string of the molecule is CCn1c(CN)nc2cc(C(C)C)ccc21. The zero-order chi connectivity index (χ0) is 11.7. The number of aryl methyl sites for hydroxylation is 1. The number of benzene rings is 1. The molecule has 0 unspecified atom stereocenters. The van der Waals surface area contributed by atoms with E-state index in [-0.39, 0.29) is 0 Å². The van der Waals surface area contributed by atoms with Gasteiger partial charge in [0.05, 0.1) is 17.6 Å². The van der Waals surface area contributed by atoms with E-state index in [1.54, 1.807) is 0 Å². The quantitative estimate of drug-likeness (QED) is 0.859. The number of imidazole rings is 1. The number of fused-ring (bicyclic) bond motifs is 1. The fourth-order valence-corrected chi connectivity index (χ4v) is 2.06. The van der Waals surface area contributed by atoms with E-state index in [2.05, 4.69) is 48.5 Å². The van der Waals surface area contributed by atoms with Crippen LogP contribution in [0.15, 0.2) is 18.2 Å². The highest BCUT2D eigenvalue weighted by Crippen LogP contribution is 2.22. The summed E-state index contributed by atoms with van der Waals surface area (Å²) in [6.07, 6.45) is 0. The summed E-state index contributed by atoms with van der Waals surface area (Å²) in [7, 11) is 0. The number of rotatable bonds is 3. The monoisotopic (exact) mass is 217 g/mol. The van der Waals surface area contributed by atoms with Crippen LogP contribution in [0, 0.1) is 0 Å². The van der Waals surface area contributed by atoms with E-state index in [4.69, 9.17) is 5.73 Å². The van der Waals surface area contributed by atoms with Crippen molar-refractivity contribution in [2.75, 3.05) is 0 Å². The number of nitrogens with two attached hydrogens (primary N) is 1. The summed E-state index contributed by atoms with van der Waals surface area (Å²) in [6.45, 7) is 7.93. The van der Waals surface area contributed by atoms with Crippen LogP contribution in [-0.4, -0.2) is 9.55 Å². The van der Waals surface area contributed by atoms with Crippen molar-refractivity contribution in [2.45, 2.75) is 39.8 Å². The standard InChI is InChI=1S/C13H19N3/c1-4-16-12-6-5-10(9(2)3)7-11(12)15-13(16)8-14/h5-7,9H,4,8,14H2,1-3H3. The summed E-state index contributed by atoms with van der Waals surface area (Å²) in [5.74, 6) is 1.51. The molecular formula is C13H19N3. The Balaban J connectivity index is 2.63. The topological polar surface area (TPSA) is 43.8 Å². The maximum Gasteiger partial charge on any atom is 0.123 e. The second kappa shape index (κ2) is 4.26. The zero-order valence-corrected chi connectivity index (χ0v) is 10.2. The van der Waals surface area contributed by atoms with Crippen LogP contribution >= 0.6 is 0 Å². The molecule has 0 fully saturated rings. The predicted molar refractivity (Wildman–Crippen MR) is 67.4 cm³/mol. The molecule has 2 N–H and O–H groups in total. The second-order valence-corrected chi connectivity index (χ2v) is 4.38. The Morgan fingerprint density at radius 3 is 2.69 bits per heavy atom. The van der Waals surface area contributed by atoms with Crippen molar-refractivity contribution in [3.05, 3.63) is 29.6 Å². The van der Waals surface area contributed by atoms with Gasteiger partial charge in [0, 0.05) is 6.54 Å². The van der Waals surface area contributed by atoms with Gasteiger partial charge in [-0.2, -0.15) is 0 Å². The van der Waals surface area contributed by atoms with E-state index >= 15 is 0 Å². The van der Waals surface area contributed by atoms with Crippen molar-refractivity contribution >= 4 is 11.0 Å². The summed E-state index contributed by atoms with van der Waals surface area (Å²) < 4.78 is 2.18. The highest BCUT2D eigenvalue weighted by molar-refractivity contribution is 5.77. The Morgan fingerprint density at radius 2 is 2.12 bits per heavy atom. The van der Waals surface area contributed by atoms with Crippen LogP contribution in [-0.2, 0) is 13.1 Å². The number of nitrogens with zero attached hydrogens (tertiary/aromatic N) is 2. The van der Waals surface area contributed by atoms with Crippen molar-refractivity contribution in [1.82, 2.24) is 9.55 Å². The maximum absolute atomic E-state index is 5.70. The number of hydrogen-bond donors (Lipinski definition) is 1. The third-order valence-corrected chi connectivity index (χ3v) is 3.02. The Labute approximate surface area is 96.3 Å². The highest BCUT2D eigenvalue weighted by Gasteiger charge is 2.09. The van der Waals surface area contributed by atoms with Gasteiger partial charge in [-0.15, -0.1) is 0 Å². The first-order chi connectivity index (χ1) is 7.67. The minimum absolute atomic E-state index is 0.500. The first kappa shape index (κ1) is 11.1. The molecule has 86 valence electrons. The minimum Gasteiger partial charge on any atom is -0.327 e. The Hall–Kier alpha value is -1.35. The Kier molecular flexibility index (Phi) is 2.97. The summed E-state index contributed by atoms with van der Waals surface area (Å²) in [5.41, 5.74) is 9.29. The average Bonchev–Trinajstić information content (AvgIpc) is 2.65. The molecule has 0 atom stereocenters. The van der Waals surface area contributed by atoms with Crippen LogP contribution in [0.2, 0.25) is 0 Å². The molecule has 0 saturated carbocycles. The molecule has 0 aliphatic rings. The van der Waals surface area contributed by atoms with Gasteiger partial charge in [0.2, 0.25) is 0 Å². The minimum atomic E-state index is 0.500. The lowest BCUT2D eigenvalue weighted by atomic mass is 10.0. The smallest absolute Gasteiger partial charge is 0.123 e. The number of aromatic nitrogens is 2. The van der Waals surface area contributed by atoms with Crippen molar-refractivity contribution in [2.24, 2.45) is 5.73 Å². The summed E-state index contributed by atoms with van der Waals surface area (Å²) in [6, 6.07) is 6.51. The molecule has 2 aromatic rings. The summed E-state index contributed by atoms with van der Waals surface area (Å²) in [4.78, 5) is 4.58. The first-order valence-corrected chi connectivity index (χ1v) is 5.86. The molecule has 0 saturated heterocycles. The lowest BCUT2D eigenvalue weighted by Crippen LogP contribution is -2.06. The van der Waals surface area contributed by atoms with Gasteiger partial charge >= 0.3 is 0 Å². The first-order valence-electron chi connectivity index (χ1n) is 5.86. The van der Waals surface area contributed by atoms with Gasteiger partial charge < -0.3 is 10.3 Å². The molecule has 1 aromatic heterocycles. The van der Waals surface area contributed by atoms with E-state index in [1.165, 1.54) is 11.1 Å². The van der Waals surface area contributed by atoms with Gasteiger partial charge in [0.15, 0.2) is 0 Å². The zero-order valence-electron chi connectivity index (χ0n) is 10.2. The van der Waals surface area contributed by atoms with Crippen molar-refractivity contribution in [3.8, 4) is 0 Å². The van der Waals surface area contributed by atoms with Crippen LogP contribution in [0.1, 0.15) is 38.1 Å². The van der Waals surface area contributed by atoms with Crippen molar-refractivity contribution in [3.63, 3.8) is 0 Å². The van der Waals surface area contributed by atoms with Crippen LogP contribution < -0.4 is 5.73 Å². The van der Waals surface area contributed by atoms with Crippen LogP contribution in [0.4, 0.5) is 0 Å². The third-order valence-electron chi connectivity index (χ3n) is 3.02. The molecule has 0 bridgehead atoms. The molecule has 2 rings (SSSR count). The van der Waals surface area contributed by atoms with Gasteiger partial charge in [-0.1, -0.05) is 19.9 Å². The van der Waals surface area contributed by atoms with E-state index < -0.39 is 0 Å². The van der Waals surface area contributed by atoms with E-state index in [0.717, 1.165) is 17.9 Å². The van der Waals surface area contributed by atoms with E-state index in [1.807, 2.05) is 0 Å². The van der Waals surface area contributed by atoms with Gasteiger partial charge in [-0.25, -0.2) is 4.98 Å². The molecule has 16 heavy (non-hydrogen) atoms. The van der Waals surface area contributed by atoms with E-state index in [0.29, 0.717) is 12.5 Å². The molecule has 0 spiro atoms. The molecule has 1 aromatic carbocycles. The molecule has 3 nitrogen and oxygen atoms in total. The van der Waals surface area contributed by atoms with Crippen LogP contribution in [0.5, 0.6) is 0 Å². The third kappa shape index (κ3) is 1.71. The lowest BCUT2D eigenvalue weighted by Gasteiger charge is -2.06. The Bertz CT molecular complexity index is 497. The number of hydrogen-bond acceptors (Lipinski definition) is 2. The van der Waals surface area contributed by atoms with Gasteiger partial charge in [0.1, 0.15) is 5.82 Å². The molecule has 0 aliphatic carbocycles. The van der Waals surface area contributed by atoms with Crippen LogP contribution in [0.3, 0.4) is 0 Å². The maximum atomic E-state index is 5.70.